The summed E-state index contributed by atoms with van der Waals surface area (Å²) in [4.78, 5) is 1.16. The fourth-order valence-electron chi connectivity index (χ4n) is 4.63. The summed E-state index contributed by atoms with van der Waals surface area (Å²) in [5.74, 6) is -0.0430. The van der Waals surface area contributed by atoms with E-state index in [1.54, 1.807) is 18.0 Å². The first-order valence-corrected chi connectivity index (χ1v) is 14.1. The predicted octanol–water partition coefficient (Wildman–Crippen LogP) is 7.72. The zero-order valence-corrected chi connectivity index (χ0v) is 23.2. The lowest BCUT2D eigenvalue weighted by Crippen LogP contribution is -2.45. The topological polar surface area (TPSA) is 35.5 Å². The van der Waals surface area contributed by atoms with Crippen molar-refractivity contribution in [1.29, 1.82) is 0 Å². The van der Waals surface area contributed by atoms with Gasteiger partial charge in [-0.15, -0.1) is 0 Å². The molecule has 0 saturated heterocycles. The first kappa shape index (κ1) is 28.6. The van der Waals surface area contributed by atoms with E-state index in [1.165, 1.54) is 16.7 Å². The molecule has 0 heterocycles. The summed E-state index contributed by atoms with van der Waals surface area (Å²) >= 11 is 1.66. The lowest BCUT2D eigenvalue weighted by atomic mass is 9.93. The molecule has 1 atom stereocenters. The number of rotatable bonds is 14. The second-order valence-electron chi connectivity index (χ2n) is 10.5. The number of hydrogen-bond donors (Lipinski definition) is 2. The molecule has 196 valence electrons. The number of nitrogens with zero attached hydrogens (tertiary/aromatic N) is 1. The van der Waals surface area contributed by atoms with Crippen molar-refractivity contribution in [3.63, 3.8) is 0 Å². The van der Waals surface area contributed by atoms with Gasteiger partial charge < -0.3 is 10.4 Å². The highest BCUT2D eigenvalue weighted by Crippen LogP contribution is 2.29. The number of benzene rings is 2. The van der Waals surface area contributed by atoms with Gasteiger partial charge in [0.1, 0.15) is 5.83 Å². The molecule has 0 amide bonds. The Hall–Kier alpha value is -1.92. The van der Waals surface area contributed by atoms with Crippen LogP contribution in [-0.2, 0) is 6.42 Å². The number of nitrogens with one attached hydrogen (secondary N) is 1. The Kier molecular flexibility index (Phi) is 11.2. The molecule has 1 unspecified atom stereocenters. The van der Waals surface area contributed by atoms with Crippen LogP contribution in [0.25, 0.3) is 11.1 Å². The minimum Gasteiger partial charge on any atom is -0.390 e. The first-order valence-electron chi connectivity index (χ1n) is 13.3. The van der Waals surface area contributed by atoms with E-state index in [1.807, 2.05) is 13.1 Å². The van der Waals surface area contributed by atoms with Gasteiger partial charge in [-0.25, -0.2) is 8.70 Å². The highest BCUT2D eigenvalue weighted by atomic mass is 32.2. The van der Waals surface area contributed by atoms with Crippen molar-refractivity contribution in [3.8, 4) is 11.1 Å². The van der Waals surface area contributed by atoms with Crippen LogP contribution in [0.4, 0.5) is 4.39 Å². The Bertz CT molecular complexity index is 1030. The number of aryl methyl sites for hydroxylation is 1. The van der Waals surface area contributed by atoms with Gasteiger partial charge in [-0.1, -0.05) is 55.8 Å². The van der Waals surface area contributed by atoms with Gasteiger partial charge in [-0.05, 0) is 112 Å². The van der Waals surface area contributed by atoms with Crippen LogP contribution in [0.2, 0.25) is 0 Å². The Balaban J connectivity index is 1.44. The Morgan fingerprint density at radius 3 is 2.53 bits per heavy atom. The van der Waals surface area contributed by atoms with Gasteiger partial charge in [0.15, 0.2) is 0 Å². The lowest BCUT2D eigenvalue weighted by molar-refractivity contribution is 0.140. The minimum atomic E-state index is -0.475. The monoisotopic (exact) mass is 510 g/mol. The van der Waals surface area contributed by atoms with Gasteiger partial charge in [0.25, 0.3) is 0 Å². The molecular formula is C31H43FN2OS. The summed E-state index contributed by atoms with van der Waals surface area (Å²) in [6, 6.07) is 17.4. The number of hydrogen-bond acceptors (Lipinski definition) is 4. The van der Waals surface area contributed by atoms with Crippen molar-refractivity contribution in [1.82, 2.24) is 9.62 Å². The van der Waals surface area contributed by atoms with Crippen molar-refractivity contribution < 1.29 is 9.50 Å². The third-order valence-corrected chi connectivity index (χ3v) is 7.54. The molecule has 36 heavy (non-hydrogen) atoms. The van der Waals surface area contributed by atoms with E-state index < -0.39 is 6.10 Å². The maximum atomic E-state index is 13.9. The summed E-state index contributed by atoms with van der Waals surface area (Å²) < 4.78 is 16.0. The third-order valence-electron chi connectivity index (χ3n) is 6.61. The van der Waals surface area contributed by atoms with Gasteiger partial charge >= 0.3 is 0 Å². The van der Waals surface area contributed by atoms with Crippen molar-refractivity contribution in [2.45, 2.75) is 82.3 Å². The van der Waals surface area contributed by atoms with Crippen molar-refractivity contribution in [3.05, 3.63) is 77.6 Å². The van der Waals surface area contributed by atoms with Crippen LogP contribution in [0.15, 0.2) is 77.0 Å². The molecule has 2 N–H and O–H groups in total. The standard InChI is InChI=1S/C31H43FN2OS/c1-5-11-24-12-8-14-26(20-24)27-15-9-17-29(21-27)36-34(4)23-28(35)22-33-31(2,3)19-10-16-25-13-6-7-18-30(25)32/h8-9,12-15,17-18,20-21,28,33,35H,5-7,10-11,16,19,22-23H2,1-4H3. The Morgan fingerprint density at radius 1 is 1.06 bits per heavy atom. The summed E-state index contributed by atoms with van der Waals surface area (Å²) in [5.41, 5.74) is 4.58. The molecule has 0 saturated carbocycles. The second-order valence-corrected chi connectivity index (χ2v) is 11.8. The van der Waals surface area contributed by atoms with Gasteiger partial charge in [0.2, 0.25) is 0 Å². The molecule has 2 aromatic carbocycles. The molecule has 0 aromatic heterocycles. The molecule has 0 bridgehead atoms. The van der Waals surface area contributed by atoms with Crippen molar-refractivity contribution in [2.24, 2.45) is 0 Å². The number of aliphatic hydroxyl groups is 1. The fourth-order valence-corrected chi connectivity index (χ4v) is 5.55. The molecule has 0 spiro atoms. The maximum absolute atomic E-state index is 13.9. The molecule has 0 radical (unpaired) electrons. The summed E-state index contributed by atoms with van der Waals surface area (Å²) in [6.45, 7) is 7.61. The number of β-amino-alcohol motifs (C(OH)–C–C–N with tert-alkyl or cyclic N) is 1. The number of halogens is 1. The predicted molar refractivity (Wildman–Crippen MR) is 153 cm³/mol. The summed E-state index contributed by atoms with van der Waals surface area (Å²) in [5, 5.41) is 14.2. The van der Waals surface area contributed by atoms with Crippen LogP contribution in [0.5, 0.6) is 0 Å². The fraction of sp³-hybridized carbons (Fsp3) is 0.484. The zero-order chi connectivity index (χ0) is 26.0. The van der Waals surface area contributed by atoms with Crippen molar-refractivity contribution in [2.75, 3.05) is 20.1 Å². The molecule has 3 nitrogen and oxygen atoms in total. The van der Waals surface area contributed by atoms with Crippen LogP contribution < -0.4 is 5.32 Å². The van der Waals surface area contributed by atoms with E-state index in [4.69, 9.17) is 0 Å². The van der Waals surface area contributed by atoms with Crippen LogP contribution >= 0.6 is 11.9 Å². The average Bonchev–Trinajstić information content (AvgIpc) is 2.84. The quantitative estimate of drug-likeness (QED) is 0.255. The van der Waals surface area contributed by atoms with Crippen LogP contribution in [-0.4, -0.2) is 41.2 Å². The van der Waals surface area contributed by atoms with Crippen LogP contribution in [0.3, 0.4) is 0 Å². The summed E-state index contributed by atoms with van der Waals surface area (Å²) in [7, 11) is 2.02. The molecular weight excluding hydrogens is 467 g/mol. The molecule has 2 aromatic rings. The molecule has 5 heteroatoms. The summed E-state index contributed by atoms with van der Waals surface area (Å²) in [6.07, 6.45) is 9.89. The van der Waals surface area contributed by atoms with E-state index >= 15 is 0 Å². The van der Waals surface area contributed by atoms with E-state index in [0.717, 1.165) is 55.4 Å². The number of likely N-dealkylation sites (N-methyl/N-ethyl adjacent to an activating group) is 1. The second kappa shape index (κ2) is 14.1. The zero-order valence-electron chi connectivity index (χ0n) is 22.4. The third kappa shape index (κ3) is 9.51. The maximum Gasteiger partial charge on any atom is 0.122 e. The number of allylic oxidation sites excluding steroid dienone is 4. The smallest absolute Gasteiger partial charge is 0.122 e. The highest BCUT2D eigenvalue weighted by Gasteiger charge is 2.20. The number of aliphatic hydroxyl groups excluding tert-OH is 1. The van der Waals surface area contributed by atoms with E-state index in [0.29, 0.717) is 13.1 Å². The van der Waals surface area contributed by atoms with Gasteiger partial charge in [0.05, 0.1) is 6.10 Å². The van der Waals surface area contributed by atoms with Gasteiger partial charge in [-0.2, -0.15) is 0 Å². The first-order chi connectivity index (χ1) is 17.3. The van der Waals surface area contributed by atoms with Crippen molar-refractivity contribution >= 4 is 11.9 Å². The molecule has 3 rings (SSSR count). The Morgan fingerprint density at radius 2 is 1.78 bits per heavy atom. The molecule has 1 aliphatic rings. The van der Waals surface area contributed by atoms with E-state index in [2.05, 4.69) is 78.9 Å². The molecule has 0 aliphatic heterocycles. The van der Waals surface area contributed by atoms with E-state index in [9.17, 15) is 9.50 Å². The SMILES string of the molecule is CCCc1cccc(-c2cccc(SN(C)CC(O)CNC(C)(C)CCCC3=CCCC=C3F)c2)c1. The van der Waals surface area contributed by atoms with Crippen LogP contribution in [0, 0.1) is 0 Å². The highest BCUT2D eigenvalue weighted by molar-refractivity contribution is 7.97. The molecule has 1 aliphatic carbocycles. The molecule has 0 fully saturated rings. The average molecular weight is 511 g/mol. The van der Waals surface area contributed by atoms with Gasteiger partial charge in [0, 0.05) is 23.5 Å². The largest absolute Gasteiger partial charge is 0.390 e. The lowest BCUT2D eigenvalue weighted by Gasteiger charge is -2.29. The van der Waals surface area contributed by atoms with E-state index in [-0.39, 0.29) is 11.4 Å². The Labute approximate surface area is 222 Å². The van der Waals surface area contributed by atoms with Gasteiger partial charge in [-0.3, -0.25) is 0 Å². The minimum absolute atomic E-state index is 0.0430. The normalized spacial score (nSPS) is 15.1. The van der Waals surface area contributed by atoms with Crippen LogP contribution in [0.1, 0.15) is 64.9 Å².